The number of nitrogens with zero attached hydrogens (tertiary/aromatic N) is 3. The molecule has 1 aliphatic carbocycles. The van der Waals surface area contributed by atoms with Crippen LogP contribution >= 0.6 is 0 Å². The van der Waals surface area contributed by atoms with Gasteiger partial charge in [-0.25, -0.2) is 0 Å². The summed E-state index contributed by atoms with van der Waals surface area (Å²) < 4.78 is 1.95. The quantitative estimate of drug-likeness (QED) is 0.716. The molecule has 118 valence electrons. The molecule has 2 rings (SSSR count). The molecule has 1 fully saturated rings. The molecule has 6 heteroatoms. The summed E-state index contributed by atoms with van der Waals surface area (Å²) in [4.78, 5) is 12.9. The van der Waals surface area contributed by atoms with Crippen LogP contribution in [-0.4, -0.2) is 57.0 Å². The van der Waals surface area contributed by atoms with E-state index in [0.29, 0.717) is 18.1 Å². The van der Waals surface area contributed by atoms with Gasteiger partial charge in [0.25, 0.3) is 0 Å². The predicted octanol–water partition coefficient (Wildman–Crippen LogP) is 1.19. The minimum Gasteiger partial charge on any atom is -0.480 e. The van der Waals surface area contributed by atoms with Crippen molar-refractivity contribution in [2.24, 2.45) is 0 Å². The molecule has 1 heterocycles. The van der Waals surface area contributed by atoms with Crippen LogP contribution in [0, 0.1) is 0 Å². The summed E-state index contributed by atoms with van der Waals surface area (Å²) in [6.45, 7) is 6.11. The van der Waals surface area contributed by atoms with Gasteiger partial charge >= 0.3 is 5.97 Å². The molecule has 0 aromatic carbocycles. The third kappa shape index (κ3) is 4.82. The van der Waals surface area contributed by atoms with E-state index in [1.165, 1.54) is 0 Å². The maximum absolute atomic E-state index is 10.8. The molecule has 1 saturated carbocycles. The van der Waals surface area contributed by atoms with Crippen LogP contribution in [0.15, 0.2) is 18.5 Å². The highest BCUT2D eigenvalue weighted by molar-refractivity contribution is 5.69. The highest BCUT2D eigenvalue weighted by atomic mass is 16.4. The second-order valence-electron chi connectivity index (χ2n) is 5.90. The summed E-state index contributed by atoms with van der Waals surface area (Å²) in [6.07, 6.45) is 6.93. The normalized spacial score (nSPS) is 23.0. The zero-order valence-corrected chi connectivity index (χ0v) is 12.9. The van der Waals surface area contributed by atoms with E-state index >= 15 is 0 Å². The third-order valence-electron chi connectivity index (χ3n) is 4.24. The van der Waals surface area contributed by atoms with E-state index in [2.05, 4.69) is 22.2 Å². The smallest absolute Gasteiger partial charge is 0.317 e. The van der Waals surface area contributed by atoms with Crippen LogP contribution in [0.3, 0.4) is 0 Å². The number of hydrogen-bond acceptors (Lipinski definition) is 4. The average molecular weight is 294 g/mol. The summed E-state index contributed by atoms with van der Waals surface area (Å²) in [7, 11) is 0. The van der Waals surface area contributed by atoms with E-state index in [0.717, 1.165) is 32.4 Å². The van der Waals surface area contributed by atoms with Crippen molar-refractivity contribution in [3.8, 4) is 0 Å². The Labute approximate surface area is 126 Å². The van der Waals surface area contributed by atoms with Gasteiger partial charge in [0.1, 0.15) is 0 Å². The molecular formula is C15H26N4O2. The Morgan fingerprint density at radius 1 is 1.57 bits per heavy atom. The fourth-order valence-electron chi connectivity index (χ4n) is 2.94. The number of nitrogens with one attached hydrogen (secondary N) is 1. The number of aromatic nitrogens is 2. The number of carbonyl (C=O) groups is 1. The lowest BCUT2D eigenvalue weighted by atomic mass is 9.84. The van der Waals surface area contributed by atoms with Gasteiger partial charge in [-0.15, -0.1) is 0 Å². The number of hydrogen-bond donors (Lipinski definition) is 2. The monoisotopic (exact) mass is 294 g/mol. The zero-order chi connectivity index (χ0) is 15.2. The van der Waals surface area contributed by atoms with Crippen molar-refractivity contribution in [2.75, 3.05) is 13.1 Å². The highest BCUT2D eigenvalue weighted by Gasteiger charge is 2.34. The second kappa shape index (κ2) is 7.56. The Kier molecular flexibility index (Phi) is 5.76. The van der Waals surface area contributed by atoms with Crippen LogP contribution in [0.25, 0.3) is 0 Å². The largest absolute Gasteiger partial charge is 0.480 e. The van der Waals surface area contributed by atoms with Gasteiger partial charge in [0.15, 0.2) is 0 Å². The van der Waals surface area contributed by atoms with E-state index in [-0.39, 0.29) is 6.54 Å². The van der Waals surface area contributed by atoms with Crippen LogP contribution in [0.2, 0.25) is 0 Å². The number of carboxylic acids is 1. The molecule has 0 amide bonds. The molecule has 1 aromatic rings. The second-order valence-corrected chi connectivity index (χ2v) is 5.90. The Bertz CT molecular complexity index is 429. The number of aryl methyl sites for hydroxylation is 1. The molecule has 0 spiro atoms. The first-order valence-electron chi connectivity index (χ1n) is 7.77. The lowest BCUT2D eigenvalue weighted by Crippen LogP contribution is -2.55. The van der Waals surface area contributed by atoms with Crippen molar-refractivity contribution in [1.82, 2.24) is 20.0 Å². The number of likely N-dealkylation sites (N-methyl/N-ethyl adjacent to an activating group) is 1. The molecule has 6 nitrogen and oxygen atoms in total. The van der Waals surface area contributed by atoms with Crippen LogP contribution < -0.4 is 5.32 Å². The van der Waals surface area contributed by atoms with Gasteiger partial charge < -0.3 is 10.4 Å². The van der Waals surface area contributed by atoms with Crippen LogP contribution in [0.4, 0.5) is 0 Å². The van der Waals surface area contributed by atoms with Crippen molar-refractivity contribution in [1.29, 1.82) is 0 Å². The topological polar surface area (TPSA) is 70.4 Å². The maximum Gasteiger partial charge on any atom is 0.317 e. The summed E-state index contributed by atoms with van der Waals surface area (Å²) in [5.74, 6) is -0.735. The van der Waals surface area contributed by atoms with E-state index in [1.54, 1.807) is 6.20 Å². The summed E-state index contributed by atoms with van der Waals surface area (Å²) >= 11 is 0. The van der Waals surface area contributed by atoms with E-state index in [4.69, 9.17) is 5.11 Å². The lowest BCUT2D eigenvalue weighted by molar-refractivity contribution is -0.139. The van der Waals surface area contributed by atoms with Gasteiger partial charge in [0.2, 0.25) is 0 Å². The Balaban J connectivity index is 1.63. The van der Waals surface area contributed by atoms with Crippen molar-refractivity contribution in [3.05, 3.63) is 18.5 Å². The van der Waals surface area contributed by atoms with Gasteiger partial charge in [0.05, 0.1) is 6.54 Å². The predicted molar refractivity (Wildman–Crippen MR) is 81.1 cm³/mol. The fourth-order valence-corrected chi connectivity index (χ4v) is 2.94. The van der Waals surface area contributed by atoms with Gasteiger partial charge in [-0.1, -0.05) is 6.92 Å². The minimum atomic E-state index is -0.735. The van der Waals surface area contributed by atoms with E-state index < -0.39 is 5.97 Å². The van der Waals surface area contributed by atoms with E-state index in [9.17, 15) is 4.79 Å². The van der Waals surface area contributed by atoms with Gasteiger partial charge in [-0.2, -0.15) is 5.10 Å². The van der Waals surface area contributed by atoms with Crippen LogP contribution in [-0.2, 0) is 11.3 Å². The molecule has 1 aromatic heterocycles. The van der Waals surface area contributed by atoms with Gasteiger partial charge in [0, 0.05) is 37.1 Å². The number of rotatable bonds is 9. The van der Waals surface area contributed by atoms with Crippen LogP contribution in [0.1, 0.15) is 33.1 Å². The molecule has 1 atom stereocenters. The minimum absolute atomic E-state index is 0.155. The summed E-state index contributed by atoms with van der Waals surface area (Å²) in [5, 5.41) is 16.7. The number of aliphatic carboxylic acids is 1. The van der Waals surface area contributed by atoms with Crippen LogP contribution in [0.5, 0.6) is 0 Å². The molecule has 0 aliphatic heterocycles. The Morgan fingerprint density at radius 3 is 2.90 bits per heavy atom. The first-order valence-corrected chi connectivity index (χ1v) is 7.77. The molecule has 0 saturated heterocycles. The SMILES string of the molecule is CCN(CC(=O)O)C1CC(NC(C)CCn2cccn2)C1. The zero-order valence-electron chi connectivity index (χ0n) is 12.9. The summed E-state index contributed by atoms with van der Waals surface area (Å²) in [6, 6.07) is 3.33. The molecule has 1 aliphatic rings. The van der Waals surface area contributed by atoms with Crippen molar-refractivity contribution >= 4 is 5.97 Å². The average Bonchev–Trinajstić information content (AvgIpc) is 2.90. The van der Waals surface area contributed by atoms with Crippen molar-refractivity contribution in [3.63, 3.8) is 0 Å². The highest BCUT2D eigenvalue weighted by Crippen LogP contribution is 2.26. The first kappa shape index (κ1) is 16.0. The maximum atomic E-state index is 10.8. The van der Waals surface area contributed by atoms with Gasteiger partial charge in [-0.05, 0) is 38.8 Å². The van der Waals surface area contributed by atoms with Crippen molar-refractivity contribution < 1.29 is 9.90 Å². The molecule has 2 N–H and O–H groups in total. The van der Waals surface area contributed by atoms with E-state index in [1.807, 2.05) is 23.9 Å². The Hall–Kier alpha value is -1.40. The van der Waals surface area contributed by atoms with Gasteiger partial charge in [-0.3, -0.25) is 14.4 Å². The fraction of sp³-hybridized carbons (Fsp3) is 0.733. The molecule has 1 unspecified atom stereocenters. The first-order chi connectivity index (χ1) is 10.1. The molecule has 0 radical (unpaired) electrons. The standard InChI is InChI=1S/C15H26N4O2/c1-3-18(11-15(20)21)14-9-13(10-14)17-12(2)5-8-19-7-4-6-16-19/h4,6-7,12-14,17H,3,5,8-11H2,1-2H3,(H,20,21). The molecule has 0 bridgehead atoms. The lowest BCUT2D eigenvalue weighted by Gasteiger charge is -2.43. The summed E-state index contributed by atoms with van der Waals surface area (Å²) in [5.41, 5.74) is 0. The molecule has 21 heavy (non-hydrogen) atoms. The Morgan fingerprint density at radius 2 is 2.33 bits per heavy atom. The number of carboxylic acid groups (broad SMARTS) is 1. The molecular weight excluding hydrogens is 268 g/mol. The third-order valence-corrected chi connectivity index (χ3v) is 4.24. The van der Waals surface area contributed by atoms with Crippen molar-refractivity contribution in [2.45, 2.75) is 57.8 Å².